The number of nitrogens with one attached hydrogen (secondary N) is 1. The van der Waals surface area contributed by atoms with E-state index >= 15 is 0 Å². The molecular formula is C26H23N2O2+. The van der Waals surface area contributed by atoms with E-state index in [0.717, 1.165) is 52.6 Å². The molecule has 0 saturated carbocycles. The summed E-state index contributed by atoms with van der Waals surface area (Å²) in [4.78, 5) is 12.1. The number of benzene rings is 3. The highest BCUT2D eigenvalue weighted by molar-refractivity contribution is 6.12. The summed E-state index contributed by atoms with van der Waals surface area (Å²) in [5, 5.41) is 13.5. The third-order valence-electron chi connectivity index (χ3n) is 6.00. The predicted molar refractivity (Wildman–Crippen MR) is 120 cm³/mol. The Bertz CT molecular complexity index is 1150. The van der Waals surface area contributed by atoms with Gasteiger partial charge in [-0.2, -0.15) is 0 Å². The molecule has 0 spiro atoms. The van der Waals surface area contributed by atoms with E-state index < -0.39 is 5.97 Å². The number of rotatable bonds is 5. The standard InChI is InChI=1S/C26H22N2O2/c29-23(30)18-22-24(19-10-4-1-5-11-19)25(20-12-6-2-7-13-20)26-27-16-17-28(22,26)21-14-8-3-9-15-21/h1-15,27H,16-18H2/p+1. The van der Waals surface area contributed by atoms with Crippen LogP contribution in [-0.4, -0.2) is 24.2 Å². The molecule has 2 heterocycles. The monoisotopic (exact) mass is 395 g/mol. The maximum absolute atomic E-state index is 12.1. The van der Waals surface area contributed by atoms with Gasteiger partial charge in [0.05, 0.1) is 17.7 Å². The largest absolute Gasteiger partial charge is 0.481 e. The molecule has 5 rings (SSSR count). The number of carboxylic acid groups (broad SMARTS) is 1. The average molecular weight is 395 g/mol. The fourth-order valence-corrected chi connectivity index (χ4v) is 4.86. The number of carboxylic acids is 1. The number of para-hydroxylation sites is 1. The molecule has 4 heteroatoms. The minimum atomic E-state index is -0.813. The van der Waals surface area contributed by atoms with Crippen LogP contribution in [0, 0.1) is 0 Å². The lowest BCUT2D eigenvalue weighted by Crippen LogP contribution is -2.44. The minimum absolute atomic E-state index is 0.0133. The highest BCUT2D eigenvalue weighted by Gasteiger charge is 2.53. The van der Waals surface area contributed by atoms with E-state index in [1.54, 1.807) is 0 Å². The fourth-order valence-electron chi connectivity index (χ4n) is 4.86. The Hall–Kier alpha value is -3.63. The highest BCUT2D eigenvalue weighted by Crippen LogP contribution is 2.52. The Morgan fingerprint density at radius 2 is 1.33 bits per heavy atom. The van der Waals surface area contributed by atoms with Crippen molar-refractivity contribution >= 4 is 22.8 Å². The van der Waals surface area contributed by atoms with Crippen LogP contribution in [-0.2, 0) is 4.79 Å². The SMILES string of the molecule is O=C(O)CC1=C(c2ccccc2)C(c2ccccc2)=C2NCC[N+]12c1ccccc1. The van der Waals surface area contributed by atoms with Crippen LogP contribution in [0.5, 0.6) is 0 Å². The van der Waals surface area contributed by atoms with Gasteiger partial charge in [-0.1, -0.05) is 78.9 Å². The molecule has 1 unspecified atom stereocenters. The number of allylic oxidation sites excluding steroid dienone is 2. The van der Waals surface area contributed by atoms with Gasteiger partial charge in [-0.15, -0.1) is 0 Å². The van der Waals surface area contributed by atoms with Crippen molar-refractivity contribution in [2.45, 2.75) is 6.42 Å². The summed E-state index contributed by atoms with van der Waals surface area (Å²) >= 11 is 0. The van der Waals surface area contributed by atoms with Crippen LogP contribution >= 0.6 is 0 Å². The Balaban J connectivity index is 1.88. The van der Waals surface area contributed by atoms with E-state index in [-0.39, 0.29) is 6.42 Å². The van der Waals surface area contributed by atoms with Gasteiger partial charge in [0.15, 0.2) is 0 Å². The second-order valence-corrected chi connectivity index (χ2v) is 7.64. The molecule has 2 N–H and O–H groups in total. The molecule has 4 nitrogen and oxygen atoms in total. The fraction of sp³-hybridized carbons (Fsp3) is 0.115. The molecule has 148 valence electrons. The zero-order valence-electron chi connectivity index (χ0n) is 16.6. The summed E-state index contributed by atoms with van der Waals surface area (Å²) in [5.74, 6) is 0.259. The Morgan fingerprint density at radius 1 is 0.800 bits per heavy atom. The van der Waals surface area contributed by atoms with Gasteiger partial charge in [-0.05, 0) is 11.1 Å². The molecule has 0 aromatic heterocycles. The first-order valence-corrected chi connectivity index (χ1v) is 10.2. The number of hydrogen-bond donors (Lipinski definition) is 2. The average Bonchev–Trinajstić information content (AvgIpc) is 3.33. The third kappa shape index (κ3) is 2.77. The van der Waals surface area contributed by atoms with Crippen LogP contribution in [0.15, 0.2) is 103 Å². The van der Waals surface area contributed by atoms with E-state index in [1.165, 1.54) is 0 Å². The van der Waals surface area contributed by atoms with Crippen LogP contribution in [0.4, 0.5) is 5.69 Å². The van der Waals surface area contributed by atoms with Crippen molar-refractivity contribution in [1.82, 2.24) is 9.80 Å². The summed E-state index contributed by atoms with van der Waals surface area (Å²) in [7, 11) is 0. The molecule has 0 aliphatic carbocycles. The van der Waals surface area contributed by atoms with Crippen molar-refractivity contribution in [3.05, 3.63) is 114 Å². The zero-order valence-corrected chi connectivity index (χ0v) is 16.6. The quantitative estimate of drug-likeness (QED) is 0.606. The number of fused-ring (bicyclic) bond motifs is 1. The van der Waals surface area contributed by atoms with Crippen LogP contribution < -0.4 is 9.80 Å². The lowest BCUT2D eigenvalue weighted by Gasteiger charge is -2.32. The number of quaternary nitrogens is 1. The van der Waals surface area contributed by atoms with Gasteiger partial charge in [-0.3, -0.25) is 4.79 Å². The molecule has 0 radical (unpaired) electrons. The van der Waals surface area contributed by atoms with Gasteiger partial charge < -0.3 is 10.4 Å². The smallest absolute Gasteiger partial charge is 0.313 e. The number of nitrogens with zero attached hydrogens (tertiary/aromatic N) is 1. The summed E-state index contributed by atoms with van der Waals surface area (Å²) in [6.45, 7) is 1.58. The van der Waals surface area contributed by atoms with Crippen molar-refractivity contribution in [3.63, 3.8) is 0 Å². The van der Waals surface area contributed by atoms with E-state index in [0.29, 0.717) is 4.48 Å². The summed E-state index contributed by atoms with van der Waals surface area (Å²) in [5.41, 5.74) is 6.27. The molecular weight excluding hydrogens is 372 g/mol. The molecule has 1 fully saturated rings. The van der Waals surface area contributed by atoms with Gasteiger partial charge >= 0.3 is 5.97 Å². The van der Waals surface area contributed by atoms with E-state index in [1.807, 2.05) is 54.6 Å². The normalized spacial score (nSPS) is 20.3. The van der Waals surface area contributed by atoms with Crippen molar-refractivity contribution in [2.24, 2.45) is 0 Å². The first kappa shape index (κ1) is 18.4. The molecule has 30 heavy (non-hydrogen) atoms. The van der Waals surface area contributed by atoms with Gasteiger partial charge in [0.1, 0.15) is 24.4 Å². The summed E-state index contributed by atoms with van der Waals surface area (Å²) in [6.07, 6.45) is -0.0133. The van der Waals surface area contributed by atoms with Crippen molar-refractivity contribution in [2.75, 3.05) is 13.1 Å². The molecule has 2 aliphatic rings. The predicted octanol–water partition coefficient (Wildman–Crippen LogP) is 4.87. The first-order valence-electron chi connectivity index (χ1n) is 10.2. The van der Waals surface area contributed by atoms with Gasteiger partial charge in [0.2, 0.25) is 5.82 Å². The van der Waals surface area contributed by atoms with Crippen LogP contribution in [0.25, 0.3) is 11.1 Å². The van der Waals surface area contributed by atoms with E-state index in [9.17, 15) is 9.90 Å². The molecule has 0 amide bonds. The maximum atomic E-state index is 12.1. The van der Waals surface area contributed by atoms with Crippen LogP contribution in [0.2, 0.25) is 0 Å². The number of aliphatic carboxylic acids is 1. The minimum Gasteiger partial charge on any atom is -0.481 e. The van der Waals surface area contributed by atoms with Crippen molar-refractivity contribution in [3.8, 4) is 0 Å². The zero-order chi connectivity index (χ0) is 20.6. The highest BCUT2D eigenvalue weighted by atomic mass is 16.4. The van der Waals surface area contributed by atoms with Gasteiger partial charge in [0.25, 0.3) is 0 Å². The summed E-state index contributed by atoms with van der Waals surface area (Å²) in [6, 6.07) is 30.7. The van der Waals surface area contributed by atoms with E-state index in [4.69, 9.17) is 0 Å². The molecule has 0 bridgehead atoms. The van der Waals surface area contributed by atoms with Crippen LogP contribution in [0.3, 0.4) is 0 Å². The third-order valence-corrected chi connectivity index (χ3v) is 6.00. The van der Waals surface area contributed by atoms with Gasteiger partial charge in [-0.25, -0.2) is 4.48 Å². The lowest BCUT2D eigenvalue weighted by atomic mass is 9.92. The Kier molecular flexibility index (Phi) is 4.49. The maximum Gasteiger partial charge on any atom is 0.313 e. The number of carbonyl (C=O) groups is 1. The van der Waals surface area contributed by atoms with Crippen molar-refractivity contribution < 1.29 is 9.90 Å². The second-order valence-electron chi connectivity index (χ2n) is 7.64. The molecule has 3 aromatic rings. The van der Waals surface area contributed by atoms with E-state index in [2.05, 4.69) is 41.7 Å². The lowest BCUT2D eigenvalue weighted by molar-refractivity contribution is -0.136. The molecule has 1 atom stereocenters. The number of hydrogen-bond acceptors (Lipinski definition) is 2. The Labute approximate surface area is 176 Å². The summed E-state index contributed by atoms with van der Waals surface area (Å²) < 4.78 is 0.446. The molecule has 1 saturated heterocycles. The second kappa shape index (κ2) is 7.32. The van der Waals surface area contributed by atoms with Gasteiger partial charge in [0, 0.05) is 12.1 Å². The molecule has 2 aliphatic heterocycles. The molecule has 3 aromatic carbocycles. The van der Waals surface area contributed by atoms with Crippen molar-refractivity contribution in [1.29, 1.82) is 0 Å². The van der Waals surface area contributed by atoms with Crippen LogP contribution in [0.1, 0.15) is 17.5 Å². The Morgan fingerprint density at radius 3 is 1.90 bits per heavy atom. The first-order chi connectivity index (χ1) is 14.7. The topological polar surface area (TPSA) is 49.3 Å².